The quantitative estimate of drug-likeness (QED) is 0.821. The van der Waals surface area contributed by atoms with E-state index in [1.54, 1.807) is 13.2 Å². The number of piperazine rings is 1. The van der Waals surface area contributed by atoms with Crippen molar-refractivity contribution in [3.63, 3.8) is 0 Å². The first-order valence-electron chi connectivity index (χ1n) is 7.96. The number of hydrogen-bond acceptors (Lipinski definition) is 6. The molecule has 1 aliphatic heterocycles. The normalized spacial score (nSPS) is 17.6. The molecule has 1 aromatic carbocycles. The molecule has 0 bridgehead atoms. The lowest BCUT2D eigenvalue weighted by Crippen LogP contribution is -2.45. The van der Waals surface area contributed by atoms with E-state index in [2.05, 4.69) is 16.3 Å². The van der Waals surface area contributed by atoms with Crippen LogP contribution in [0, 0.1) is 0 Å². The van der Waals surface area contributed by atoms with Gasteiger partial charge in [-0.1, -0.05) is 18.2 Å². The lowest BCUT2D eigenvalue weighted by Gasteiger charge is -2.36. The van der Waals surface area contributed by atoms with E-state index in [9.17, 15) is 4.79 Å². The average molecular weight is 367 g/mol. The topological polar surface area (TPSA) is 63.9 Å². The molecule has 1 fully saturated rings. The van der Waals surface area contributed by atoms with E-state index in [-0.39, 0.29) is 24.4 Å². The minimum Gasteiger partial charge on any atom is -0.496 e. The zero-order valence-corrected chi connectivity index (χ0v) is 15.2. The minimum atomic E-state index is -0.383. The summed E-state index contributed by atoms with van der Waals surface area (Å²) in [5.41, 5.74) is 1.59. The molecule has 1 atom stereocenters. The molecular weight excluding hydrogens is 344 g/mol. The molecule has 0 amide bonds. The van der Waals surface area contributed by atoms with E-state index < -0.39 is 0 Å². The van der Waals surface area contributed by atoms with Crippen LogP contribution in [0.15, 0.2) is 41.0 Å². The molecule has 3 rings (SSSR count). The molecule has 1 unspecified atom stereocenters. The number of nitrogens with one attached hydrogen (secondary N) is 1. The molecule has 1 saturated heterocycles. The van der Waals surface area contributed by atoms with Gasteiger partial charge in [0.1, 0.15) is 17.8 Å². The molecule has 0 saturated carbocycles. The fraction of sp³-hybridized carbons (Fsp3) is 0.389. The van der Waals surface area contributed by atoms with Gasteiger partial charge in [0.05, 0.1) is 32.4 Å². The van der Waals surface area contributed by atoms with Crippen LogP contribution in [0.1, 0.15) is 27.7 Å². The summed E-state index contributed by atoms with van der Waals surface area (Å²) >= 11 is 0. The number of nitrogens with zero attached hydrogens (tertiary/aromatic N) is 1. The summed E-state index contributed by atoms with van der Waals surface area (Å²) in [4.78, 5) is 13.9. The van der Waals surface area contributed by atoms with Crippen molar-refractivity contribution < 1.29 is 18.7 Å². The SMILES string of the molecule is COC(=O)c1coc(CN2CCNCC2c2ccccc2OC)c1.Cl. The van der Waals surface area contributed by atoms with Gasteiger partial charge in [-0.05, 0) is 12.1 Å². The van der Waals surface area contributed by atoms with Crippen LogP contribution in [0.4, 0.5) is 0 Å². The third-order valence-corrected chi connectivity index (χ3v) is 4.29. The van der Waals surface area contributed by atoms with E-state index in [0.717, 1.165) is 36.7 Å². The van der Waals surface area contributed by atoms with Crippen LogP contribution in [-0.4, -0.2) is 44.7 Å². The number of carbonyl (C=O) groups is 1. The van der Waals surface area contributed by atoms with Crippen molar-refractivity contribution in [2.24, 2.45) is 0 Å². The molecule has 0 aliphatic carbocycles. The number of carbonyl (C=O) groups excluding carboxylic acids is 1. The van der Waals surface area contributed by atoms with Crippen molar-refractivity contribution in [3.05, 3.63) is 53.5 Å². The predicted molar refractivity (Wildman–Crippen MR) is 96.3 cm³/mol. The van der Waals surface area contributed by atoms with Gasteiger partial charge in [-0.2, -0.15) is 0 Å². The second-order valence-corrected chi connectivity index (χ2v) is 5.73. The number of methoxy groups -OCH3 is 2. The number of furan rings is 1. The lowest BCUT2D eigenvalue weighted by atomic mass is 10.0. The summed E-state index contributed by atoms with van der Waals surface area (Å²) in [7, 11) is 3.05. The van der Waals surface area contributed by atoms with Gasteiger partial charge in [0.25, 0.3) is 0 Å². The molecule has 0 spiro atoms. The van der Waals surface area contributed by atoms with Crippen LogP contribution in [0.5, 0.6) is 5.75 Å². The fourth-order valence-electron chi connectivity index (χ4n) is 3.07. The predicted octanol–water partition coefficient (Wildman–Crippen LogP) is 2.64. The van der Waals surface area contributed by atoms with Gasteiger partial charge in [-0.25, -0.2) is 4.79 Å². The van der Waals surface area contributed by atoms with Gasteiger partial charge in [0.15, 0.2) is 0 Å². The zero-order valence-electron chi connectivity index (χ0n) is 14.4. The highest BCUT2D eigenvalue weighted by atomic mass is 35.5. The Balaban J connectivity index is 0.00000225. The lowest BCUT2D eigenvalue weighted by molar-refractivity contribution is 0.0600. The van der Waals surface area contributed by atoms with Crippen molar-refractivity contribution in [1.82, 2.24) is 10.2 Å². The van der Waals surface area contributed by atoms with Crippen LogP contribution < -0.4 is 10.1 Å². The highest BCUT2D eigenvalue weighted by molar-refractivity contribution is 5.88. The summed E-state index contributed by atoms with van der Waals surface area (Å²) in [6.07, 6.45) is 1.45. The second kappa shape index (κ2) is 8.89. The van der Waals surface area contributed by atoms with Gasteiger partial charge < -0.3 is 19.2 Å². The third-order valence-electron chi connectivity index (χ3n) is 4.29. The number of hydrogen-bond donors (Lipinski definition) is 1. The first-order valence-corrected chi connectivity index (χ1v) is 7.96. The van der Waals surface area contributed by atoms with E-state index in [0.29, 0.717) is 12.1 Å². The second-order valence-electron chi connectivity index (χ2n) is 5.73. The molecule has 136 valence electrons. The first-order chi connectivity index (χ1) is 11.7. The van der Waals surface area contributed by atoms with E-state index in [1.807, 2.05) is 18.2 Å². The largest absolute Gasteiger partial charge is 0.496 e. The van der Waals surface area contributed by atoms with Crippen molar-refractivity contribution >= 4 is 18.4 Å². The van der Waals surface area contributed by atoms with E-state index in [4.69, 9.17) is 13.9 Å². The summed E-state index contributed by atoms with van der Waals surface area (Å²) in [6, 6.07) is 9.98. The summed E-state index contributed by atoms with van der Waals surface area (Å²) in [5.74, 6) is 1.25. The fourth-order valence-corrected chi connectivity index (χ4v) is 3.07. The molecule has 25 heavy (non-hydrogen) atoms. The number of esters is 1. The Kier molecular flexibility index (Phi) is 6.87. The van der Waals surface area contributed by atoms with Crippen LogP contribution in [0.3, 0.4) is 0 Å². The smallest absolute Gasteiger partial charge is 0.341 e. The van der Waals surface area contributed by atoms with E-state index >= 15 is 0 Å². The van der Waals surface area contributed by atoms with Gasteiger partial charge in [0, 0.05) is 25.2 Å². The molecule has 1 N–H and O–H groups in total. The van der Waals surface area contributed by atoms with E-state index in [1.165, 1.54) is 13.4 Å². The maximum atomic E-state index is 11.6. The van der Waals surface area contributed by atoms with Crippen LogP contribution in [0.25, 0.3) is 0 Å². The highest BCUT2D eigenvalue weighted by Crippen LogP contribution is 2.31. The Bertz CT molecular complexity index is 704. The average Bonchev–Trinajstić information content (AvgIpc) is 3.10. The maximum absolute atomic E-state index is 11.6. The number of para-hydroxylation sites is 1. The number of ether oxygens (including phenoxy) is 2. The molecule has 1 aliphatic rings. The van der Waals surface area contributed by atoms with Crippen molar-refractivity contribution in [2.75, 3.05) is 33.9 Å². The Morgan fingerprint density at radius 2 is 2.16 bits per heavy atom. The minimum absolute atomic E-state index is 0. The van der Waals surface area contributed by atoms with Crippen molar-refractivity contribution in [1.29, 1.82) is 0 Å². The molecule has 2 aromatic rings. The van der Waals surface area contributed by atoms with Gasteiger partial charge in [-0.15, -0.1) is 12.4 Å². The van der Waals surface area contributed by atoms with Gasteiger partial charge >= 0.3 is 5.97 Å². The molecule has 0 radical (unpaired) electrons. The molecule has 2 heterocycles. The number of halogens is 1. The Morgan fingerprint density at radius 3 is 2.92 bits per heavy atom. The number of rotatable bonds is 5. The zero-order chi connectivity index (χ0) is 16.9. The summed E-state index contributed by atoms with van der Waals surface area (Å²) in [6.45, 7) is 3.26. The van der Waals surface area contributed by atoms with Crippen molar-refractivity contribution in [3.8, 4) is 5.75 Å². The summed E-state index contributed by atoms with van der Waals surface area (Å²) < 4.78 is 15.8. The summed E-state index contributed by atoms with van der Waals surface area (Å²) in [5, 5.41) is 3.43. The third kappa shape index (κ3) is 4.34. The van der Waals surface area contributed by atoms with Gasteiger partial charge in [0.2, 0.25) is 0 Å². The number of benzene rings is 1. The molecule has 1 aromatic heterocycles. The van der Waals surface area contributed by atoms with Crippen LogP contribution in [0.2, 0.25) is 0 Å². The molecule has 6 nitrogen and oxygen atoms in total. The maximum Gasteiger partial charge on any atom is 0.341 e. The van der Waals surface area contributed by atoms with Crippen LogP contribution >= 0.6 is 12.4 Å². The van der Waals surface area contributed by atoms with Crippen LogP contribution in [-0.2, 0) is 11.3 Å². The first kappa shape index (κ1) is 19.3. The Labute approximate surface area is 153 Å². The van der Waals surface area contributed by atoms with Crippen molar-refractivity contribution in [2.45, 2.75) is 12.6 Å². The van der Waals surface area contributed by atoms with Gasteiger partial charge in [-0.3, -0.25) is 4.90 Å². The molecular formula is C18H23ClN2O4. The Morgan fingerprint density at radius 1 is 1.36 bits per heavy atom. The monoisotopic (exact) mass is 366 g/mol. The highest BCUT2D eigenvalue weighted by Gasteiger charge is 2.27. The standard InChI is InChI=1S/C18H22N2O4.ClH/c1-22-17-6-4-3-5-15(17)16-10-19-7-8-20(16)11-14-9-13(12-24-14)18(21)23-2;/h3-6,9,12,16,19H,7-8,10-11H2,1-2H3;1H. The Hall–Kier alpha value is -2.02. The molecule has 7 heteroatoms.